The van der Waals surface area contributed by atoms with Crippen molar-refractivity contribution in [2.75, 3.05) is 6.26 Å². The minimum Gasteiger partial charge on any atom is -0.412 e. The normalized spacial score (nSPS) is 13.9. The molecule has 1 aromatic rings. The van der Waals surface area contributed by atoms with Crippen molar-refractivity contribution in [2.24, 2.45) is 0 Å². The molecule has 104 valence electrons. The zero-order valence-electron chi connectivity index (χ0n) is 11.9. The van der Waals surface area contributed by atoms with Crippen LogP contribution in [0.5, 0.6) is 0 Å². The maximum atomic E-state index is 11.3. The van der Waals surface area contributed by atoms with Crippen LogP contribution < -0.4 is 0 Å². The molecule has 1 heterocycles. The Morgan fingerprint density at radius 2 is 1.94 bits per heavy atom. The Bertz CT molecular complexity index is 515. The van der Waals surface area contributed by atoms with E-state index in [2.05, 4.69) is 39.0 Å². The first-order valence-corrected chi connectivity index (χ1v) is 10.6. The second kappa shape index (κ2) is 4.79. The van der Waals surface area contributed by atoms with Gasteiger partial charge in [-0.1, -0.05) is 20.8 Å². The number of hydrogen-bond acceptors (Lipinski definition) is 4. The first-order chi connectivity index (χ1) is 7.93. The van der Waals surface area contributed by atoms with Crippen molar-refractivity contribution in [2.45, 2.75) is 45.5 Å². The first-order valence-electron chi connectivity index (χ1n) is 5.81. The molecule has 0 saturated heterocycles. The standard InChI is InChI=1S/C11H22N2O3SSi/c1-11(2,3)18(5,6)16-9-10-7-12-13(8-10)17(4,14)15/h7-8H,9H2,1-6H3. The van der Waals surface area contributed by atoms with E-state index in [9.17, 15) is 8.42 Å². The lowest BCUT2D eigenvalue weighted by Gasteiger charge is -2.36. The van der Waals surface area contributed by atoms with Crippen molar-refractivity contribution in [1.29, 1.82) is 0 Å². The molecule has 18 heavy (non-hydrogen) atoms. The van der Waals surface area contributed by atoms with Gasteiger partial charge in [0.05, 0.1) is 19.1 Å². The molecule has 0 unspecified atom stereocenters. The van der Waals surface area contributed by atoms with Gasteiger partial charge in [-0.2, -0.15) is 9.19 Å². The van der Waals surface area contributed by atoms with Gasteiger partial charge in [-0.3, -0.25) is 0 Å². The monoisotopic (exact) mass is 290 g/mol. The van der Waals surface area contributed by atoms with Gasteiger partial charge in [0.25, 0.3) is 10.0 Å². The third-order valence-electron chi connectivity index (χ3n) is 3.36. The highest BCUT2D eigenvalue weighted by atomic mass is 32.2. The molecule has 7 heteroatoms. The molecular formula is C11H22N2O3SSi. The van der Waals surface area contributed by atoms with E-state index in [0.29, 0.717) is 6.61 Å². The van der Waals surface area contributed by atoms with Gasteiger partial charge >= 0.3 is 0 Å². The fraction of sp³-hybridized carbons (Fsp3) is 0.727. The molecule has 1 aromatic heterocycles. The van der Waals surface area contributed by atoms with Crippen LogP contribution in [0.1, 0.15) is 26.3 Å². The summed E-state index contributed by atoms with van der Waals surface area (Å²) in [5.74, 6) is 0. The summed E-state index contributed by atoms with van der Waals surface area (Å²) in [6, 6.07) is 0. The zero-order chi connectivity index (χ0) is 14.2. The van der Waals surface area contributed by atoms with Crippen LogP contribution in [-0.4, -0.2) is 32.2 Å². The summed E-state index contributed by atoms with van der Waals surface area (Å²) in [6.45, 7) is 11.2. The molecule has 0 aliphatic heterocycles. The Morgan fingerprint density at radius 1 is 1.39 bits per heavy atom. The van der Waals surface area contributed by atoms with Gasteiger partial charge in [0, 0.05) is 11.8 Å². The molecule has 0 fully saturated rings. The molecule has 0 aliphatic rings. The van der Waals surface area contributed by atoms with Gasteiger partial charge in [0.1, 0.15) is 0 Å². The lowest BCUT2D eigenvalue weighted by Crippen LogP contribution is -2.40. The predicted molar refractivity (Wildman–Crippen MR) is 74.5 cm³/mol. The molecule has 0 bridgehead atoms. The number of hydrogen-bond donors (Lipinski definition) is 0. The molecule has 0 spiro atoms. The van der Waals surface area contributed by atoms with Crippen molar-refractivity contribution in [3.63, 3.8) is 0 Å². The van der Waals surface area contributed by atoms with Gasteiger partial charge in [-0.15, -0.1) is 0 Å². The summed E-state index contributed by atoms with van der Waals surface area (Å²) in [5.41, 5.74) is 0.783. The maximum absolute atomic E-state index is 11.3. The van der Waals surface area contributed by atoms with Crippen molar-refractivity contribution in [3.05, 3.63) is 18.0 Å². The molecular weight excluding hydrogens is 268 g/mol. The third kappa shape index (κ3) is 3.66. The Balaban J connectivity index is 2.74. The van der Waals surface area contributed by atoms with E-state index >= 15 is 0 Å². The number of aromatic nitrogens is 2. The molecule has 0 atom stereocenters. The van der Waals surface area contributed by atoms with Crippen molar-refractivity contribution in [3.8, 4) is 0 Å². The van der Waals surface area contributed by atoms with Crippen LogP contribution in [-0.2, 0) is 21.1 Å². The van der Waals surface area contributed by atoms with E-state index in [4.69, 9.17) is 4.43 Å². The molecule has 0 aliphatic carbocycles. The molecule has 0 radical (unpaired) electrons. The van der Waals surface area contributed by atoms with Crippen LogP contribution in [0.2, 0.25) is 18.1 Å². The minimum atomic E-state index is -3.30. The Morgan fingerprint density at radius 3 is 2.33 bits per heavy atom. The lowest BCUT2D eigenvalue weighted by atomic mass is 10.2. The van der Waals surface area contributed by atoms with Crippen molar-refractivity contribution in [1.82, 2.24) is 9.19 Å². The highest BCUT2D eigenvalue weighted by Gasteiger charge is 2.37. The summed E-state index contributed by atoms with van der Waals surface area (Å²) < 4.78 is 29.5. The van der Waals surface area contributed by atoms with Crippen molar-refractivity contribution >= 4 is 18.3 Å². The summed E-state index contributed by atoms with van der Waals surface area (Å²) in [4.78, 5) is 0. The molecule has 1 rings (SSSR count). The topological polar surface area (TPSA) is 61.2 Å². The van der Waals surface area contributed by atoms with Gasteiger partial charge < -0.3 is 4.43 Å². The Labute approximate surface area is 110 Å². The number of rotatable bonds is 4. The Hall–Kier alpha value is -0.663. The predicted octanol–water partition coefficient (Wildman–Crippen LogP) is 2.21. The van der Waals surface area contributed by atoms with E-state index in [0.717, 1.165) is 15.9 Å². The van der Waals surface area contributed by atoms with Gasteiger partial charge in [-0.25, -0.2) is 8.42 Å². The summed E-state index contributed by atoms with van der Waals surface area (Å²) >= 11 is 0. The molecule has 0 N–H and O–H groups in total. The Kier molecular flexibility index (Phi) is 4.09. The highest BCUT2D eigenvalue weighted by Crippen LogP contribution is 2.36. The van der Waals surface area contributed by atoms with Crippen LogP contribution in [0.3, 0.4) is 0 Å². The average Bonchev–Trinajstić information content (AvgIpc) is 2.60. The molecule has 0 amide bonds. The van der Waals surface area contributed by atoms with Gasteiger partial charge in [0.15, 0.2) is 8.32 Å². The molecule has 0 saturated carbocycles. The lowest BCUT2D eigenvalue weighted by molar-refractivity contribution is 0.276. The van der Waals surface area contributed by atoms with E-state index in [1.54, 1.807) is 0 Å². The van der Waals surface area contributed by atoms with Crippen LogP contribution >= 0.6 is 0 Å². The fourth-order valence-corrected chi connectivity index (χ4v) is 2.58. The smallest absolute Gasteiger partial charge is 0.250 e. The van der Waals surface area contributed by atoms with E-state index < -0.39 is 18.3 Å². The minimum absolute atomic E-state index is 0.139. The number of nitrogens with zero attached hydrogens (tertiary/aromatic N) is 2. The second-order valence-corrected chi connectivity index (χ2v) is 12.7. The highest BCUT2D eigenvalue weighted by molar-refractivity contribution is 7.89. The summed E-state index contributed by atoms with van der Waals surface area (Å²) in [7, 11) is -5.11. The fourth-order valence-electron chi connectivity index (χ4n) is 1.08. The first kappa shape index (κ1) is 15.4. The average molecular weight is 290 g/mol. The van der Waals surface area contributed by atoms with E-state index in [1.807, 2.05) is 0 Å². The second-order valence-electron chi connectivity index (χ2n) is 6.03. The SMILES string of the molecule is CC(C)(C)[Si](C)(C)OCc1cnn(S(C)(=O)=O)c1. The van der Waals surface area contributed by atoms with Gasteiger partial charge in [-0.05, 0) is 18.1 Å². The third-order valence-corrected chi connectivity index (χ3v) is 8.72. The van der Waals surface area contributed by atoms with E-state index in [-0.39, 0.29) is 5.04 Å². The molecule has 0 aromatic carbocycles. The van der Waals surface area contributed by atoms with Crippen LogP contribution in [0.4, 0.5) is 0 Å². The van der Waals surface area contributed by atoms with Gasteiger partial charge in [0.2, 0.25) is 0 Å². The largest absolute Gasteiger partial charge is 0.412 e. The quantitative estimate of drug-likeness (QED) is 0.798. The summed E-state index contributed by atoms with van der Waals surface area (Å²) in [5, 5.41) is 3.95. The molecule has 5 nitrogen and oxygen atoms in total. The zero-order valence-corrected chi connectivity index (χ0v) is 13.7. The van der Waals surface area contributed by atoms with Crippen LogP contribution in [0.25, 0.3) is 0 Å². The summed E-state index contributed by atoms with van der Waals surface area (Å²) in [6.07, 6.45) is 4.16. The van der Waals surface area contributed by atoms with Crippen LogP contribution in [0, 0.1) is 0 Å². The maximum Gasteiger partial charge on any atom is 0.250 e. The van der Waals surface area contributed by atoms with E-state index in [1.165, 1.54) is 12.4 Å². The van der Waals surface area contributed by atoms with Crippen LogP contribution in [0.15, 0.2) is 12.4 Å². The van der Waals surface area contributed by atoms with Crippen molar-refractivity contribution < 1.29 is 12.8 Å².